The first-order chi connectivity index (χ1) is 13.5. The number of fused-ring (bicyclic) bond motifs is 1. The zero-order valence-corrected chi connectivity index (χ0v) is 17.3. The fourth-order valence-electron chi connectivity index (χ4n) is 3.25. The minimum absolute atomic E-state index is 0. The van der Waals surface area contributed by atoms with Crippen molar-refractivity contribution < 1.29 is 14.9 Å². The Hall–Kier alpha value is -2.54. The number of aromatic hydroxyl groups is 1. The van der Waals surface area contributed by atoms with Gasteiger partial charge >= 0.3 is 0 Å². The fourth-order valence-corrected chi connectivity index (χ4v) is 3.25. The zero-order valence-electron chi connectivity index (χ0n) is 16.5. The number of rotatable bonds is 8. The number of aliphatic hydroxyl groups excluding tert-OH is 1. The van der Waals surface area contributed by atoms with E-state index < -0.39 is 6.10 Å². The Kier molecular flexibility index (Phi) is 8.08. The van der Waals surface area contributed by atoms with E-state index in [4.69, 9.17) is 4.74 Å². The van der Waals surface area contributed by atoms with Crippen LogP contribution in [0, 0.1) is 0 Å². The first kappa shape index (κ1) is 22.7. The number of methoxy groups -OCH3 is 1. The molecule has 0 bridgehead atoms. The number of phenols is 1. The van der Waals surface area contributed by atoms with E-state index in [1.165, 1.54) is 17.7 Å². The van der Waals surface area contributed by atoms with Crippen molar-refractivity contribution >= 4 is 23.3 Å². The van der Waals surface area contributed by atoms with Gasteiger partial charge in [-0.25, -0.2) is 0 Å². The lowest BCUT2D eigenvalue weighted by molar-refractivity contribution is 0.171. The van der Waals surface area contributed by atoms with Crippen LogP contribution < -0.4 is 15.6 Å². The van der Waals surface area contributed by atoms with Crippen LogP contribution in [0.25, 0.3) is 10.9 Å². The molecule has 0 saturated carbocycles. The van der Waals surface area contributed by atoms with E-state index in [0.29, 0.717) is 23.0 Å². The number of halogens is 1. The Labute approximate surface area is 176 Å². The van der Waals surface area contributed by atoms with Crippen molar-refractivity contribution in [2.24, 2.45) is 0 Å². The predicted molar refractivity (Wildman–Crippen MR) is 117 cm³/mol. The molecule has 156 valence electrons. The van der Waals surface area contributed by atoms with Gasteiger partial charge in [-0.05, 0) is 55.2 Å². The molecule has 1 aromatic heterocycles. The summed E-state index contributed by atoms with van der Waals surface area (Å²) in [5.41, 5.74) is 1.96. The SMILES string of the molecule is COc1ccc(CCC(C)NCC(O)c2ccc(O)c3[nH]c(=O)ccc23)cc1.Cl. The summed E-state index contributed by atoms with van der Waals surface area (Å²) in [6.07, 6.45) is 1.11. The van der Waals surface area contributed by atoms with Gasteiger partial charge in [0.2, 0.25) is 5.56 Å². The third kappa shape index (κ3) is 5.73. The van der Waals surface area contributed by atoms with Gasteiger partial charge in [-0.3, -0.25) is 4.79 Å². The van der Waals surface area contributed by atoms with Crippen molar-refractivity contribution in [3.05, 3.63) is 70.0 Å². The lowest BCUT2D eigenvalue weighted by Gasteiger charge is -2.19. The van der Waals surface area contributed by atoms with Crippen molar-refractivity contribution in [2.45, 2.75) is 31.9 Å². The number of H-pyrrole nitrogens is 1. The molecule has 4 N–H and O–H groups in total. The third-order valence-corrected chi connectivity index (χ3v) is 4.95. The predicted octanol–water partition coefficient (Wildman–Crippen LogP) is 3.31. The molecule has 0 saturated heterocycles. The third-order valence-electron chi connectivity index (χ3n) is 4.95. The van der Waals surface area contributed by atoms with E-state index in [2.05, 4.69) is 29.4 Å². The number of hydrogen-bond donors (Lipinski definition) is 4. The number of ether oxygens (including phenoxy) is 1. The Morgan fingerprint density at radius 1 is 1.10 bits per heavy atom. The molecular weight excluding hydrogens is 392 g/mol. The van der Waals surface area contributed by atoms with E-state index >= 15 is 0 Å². The summed E-state index contributed by atoms with van der Waals surface area (Å²) < 4.78 is 5.17. The molecule has 0 aliphatic heterocycles. The van der Waals surface area contributed by atoms with Gasteiger partial charge in [-0.15, -0.1) is 12.4 Å². The molecule has 0 aliphatic rings. The topological polar surface area (TPSA) is 94.6 Å². The molecule has 7 heteroatoms. The zero-order chi connectivity index (χ0) is 20.1. The molecule has 2 atom stereocenters. The van der Waals surface area contributed by atoms with Crippen molar-refractivity contribution in [2.75, 3.05) is 13.7 Å². The number of phenolic OH excluding ortho intramolecular Hbond substituents is 1. The maximum Gasteiger partial charge on any atom is 0.248 e. The van der Waals surface area contributed by atoms with Gasteiger partial charge in [0.1, 0.15) is 11.5 Å². The van der Waals surface area contributed by atoms with Crippen molar-refractivity contribution in [3.63, 3.8) is 0 Å². The summed E-state index contributed by atoms with van der Waals surface area (Å²) in [5, 5.41) is 24.6. The van der Waals surface area contributed by atoms with Crippen LogP contribution in [-0.4, -0.2) is 34.9 Å². The second-order valence-corrected chi connectivity index (χ2v) is 7.00. The number of hydrogen-bond acceptors (Lipinski definition) is 5. The van der Waals surface area contributed by atoms with Crippen LogP contribution >= 0.6 is 12.4 Å². The van der Waals surface area contributed by atoms with E-state index in [1.54, 1.807) is 19.2 Å². The van der Waals surface area contributed by atoms with Gasteiger partial charge in [-0.2, -0.15) is 0 Å². The minimum Gasteiger partial charge on any atom is -0.506 e. The summed E-state index contributed by atoms with van der Waals surface area (Å²) in [4.78, 5) is 14.1. The molecular formula is C22H27ClN2O4. The number of benzene rings is 2. The van der Waals surface area contributed by atoms with Crippen LogP contribution in [0.15, 0.2) is 53.3 Å². The lowest BCUT2D eigenvalue weighted by Crippen LogP contribution is -2.31. The van der Waals surface area contributed by atoms with Gasteiger partial charge in [-0.1, -0.05) is 18.2 Å². The number of pyridine rings is 1. The molecule has 29 heavy (non-hydrogen) atoms. The highest BCUT2D eigenvalue weighted by molar-refractivity contribution is 5.87. The first-order valence-corrected chi connectivity index (χ1v) is 9.37. The van der Waals surface area contributed by atoms with E-state index in [-0.39, 0.29) is 29.8 Å². The maximum atomic E-state index is 11.5. The molecule has 0 fully saturated rings. The molecule has 2 aromatic carbocycles. The number of aromatic nitrogens is 1. The van der Waals surface area contributed by atoms with Gasteiger partial charge in [0.15, 0.2) is 0 Å². The lowest BCUT2D eigenvalue weighted by atomic mass is 10.0. The van der Waals surface area contributed by atoms with Crippen LogP contribution in [-0.2, 0) is 6.42 Å². The average Bonchev–Trinajstić information content (AvgIpc) is 2.71. The largest absolute Gasteiger partial charge is 0.506 e. The monoisotopic (exact) mass is 418 g/mol. The summed E-state index contributed by atoms with van der Waals surface area (Å²) in [5.74, 6) is 0.838. The second kappa shape index (κ2) is 10.3. The summed E-state index contributed by atoms with van der Waals surface area (Å²) >= 11 is 0. The van der Waals surface area contributed by atoms with Crippen LogP contribution in [0.2, 0.25) is 0 Å². The molecule has 0 amide bonds. The molecule has 3 rings (SSSR count). The summed E-state index contributed by atoms with van der Waals surface area (Å²) in [6.45, 7) is 2.46. The number of aromatic amines is 1. The highest BCUT2D eigenvalue weighted by Gasteiger charge is 2.15. The molecule has 6 nitrogen and oxygen atoms in total. The number of aryl methyl sites for hydroxylation is 1. The van der Waals surface area contributed by atoms with Crippen LogP contribution in [0.4, 0.5) is 0 Å². The summed E-state index contributed by atoms with van der Waals surface area (Å²) in [6, 6.07) is 14.4. The molecule has 0 aliphatic carbocycles. The number of nitrogens with one attached hydrogen (secondary N) is 2. The van der Waals surface area contributed by atoms with Crippen molar-refractivity contribution in [3.8, 4) is 11.5 Å². The highest BCUT2D eigenvalue weighted by Crippen LogP contribution is 2.28. The molecule has 0 spiro atoms. The fraction of sp³-hybridized carbons (Fsp3) is 0.318. The first-order valence-electron chi connectivity index (χ1n) is 9.37. The van der Waals surface area contributed by atoms with E-state index in [0.717, 1.165) is 18.6 Å². The van der Waals surface area contributed by atoms with Crippen molar-refractivity contribution in [1.29, 1.82) is 0 Å². The molecule has 3 aromatic rings. The summed E-state index contributed by atoms with van der Waals surface area (Å²) in [7, 11) is 1.65. The van der Waals surface area contributed by atoms with Crippen LogP contribution in [0.3, 0.4) is 0 Å². The molecule has 2 unspecified atom stereocenters. The van der Waals surface area contributed by atoms with Crippen LogP contribution in [0.1, 0.15) is 30.6 Å². The Morgan fingerprint density at radius 2 is 1.83 bits per heavy atom. The Morgan fingerprint density at radius 3 is 2.52 bits per heavy atom. The van der Waals surface area contributed by atoms with Gasteiger partial charge < -0.3 is 25.3 Å². The second-order valence-electron chi connectivity index (χ2n) is 7.00. The van der Waals surface area contributed by atoms with E-state index in [1.807, 2.05) is 12.1 Å². The number of aliphatic hydroxyl groups is 1. The van der Waals surface area contributed by atoms with E-state index in [9.17, 15) is 15.0 Å². The van der Waals surface area contributed by atoms with Crippen LogP contribution in [0.5, 0.6) is 11.5 Å². The van der Waals surface area contributed by atoms with Gasteiger partial charge in [0.25, 0.3) is 0 Å². The average molecular weight is 419 g/mol. The molecule has 0 radical (unpaired) electrons. The van der Waals surface area contributed by atoms with Crippen molar-refractivity contribution in [1.82, 2.24) is 10.3 Å². The standard InChI is InChI=1S/C22H26N2O4.ClH/c1-14(3-4-15-5-7-16(28-2)8-6-15)23-13-20(26)17-9-11-19(25)22-18(17)10-12-21(27)24-22;/h5-12,14,20,23,25-26H,3-4,13H2,1-2H3,(H,24,27);1H. The minimum atomic E-state index is -0.752. The highest BCUT2D eigenvalue weighted by atomic mass is 35.5. The maximum absolute atomic E-state index is 11.5. The quantitative estimate of drug-likeness (QED) is 0.450. The smallest absolute Gasteiger partial charge is 0.248 e. The Balaban J connectivity index is 0.00000300. The van der Waals surface area contributed by atoms with Gasteiger partial charge in [0.05, 0.1) is 18.7 Å². The normalized spacial score (nSPS) is 12.9. The Bertz CT molecular complexity index is 988. The van der Waals surface area contributed by atoms with Gasteiger partial charge in [0, 0.05) is 24.0 Å². The molecule has 1 heterocycles.